The lowest BCUT2D eigenvalue weighted by Gasteiger charge is -2.01. The van der Waals surface area contributed by atoms with Gasteiger partial charge in [0.2, 0.25) is 0 Å². The van der Waals surface area contributed by atoms with Crippen molar-refractivity contribution in [3.63, 3.8) is 0 Å². The first-order valence-corrected chi connectivity index (χ1v) is 4.95. The molecule has 0 fully saturated rings. The summed E-state index contributed by atoms with van der Waals surface area (Å²) in [5.74, 6) is 7.12. The Balaban J connectivity index is 2.50. The average Bonchev–Trinajstić information content (AvgIpc) is 2.25. The third-order valence-electron chi connectivity index (χ3n) is 1.97. The topological polar surface area (TPSA) is 9.23 Å². The summed E-state index contributed by atoms with van der Waals surface area (Å²) >= 11 is 0. The predicted octanol–water partition coefficient (Wildman–Crippen LogP) is 3.04. The Morgan fingerprint density at radius 3 is 2.86 bits per heavy atom. The largest absolute Gasteiger partial charge is 0.497 e. The lowest BCUT2D eigenvalue weighted by Crippen LogP contribution is -1.86. The van der Waals surface area contributed by atoms with Crippen LogP contribution in [0.4, 0.5) is 0 Å². The molecule has 0 saturated heterocycles. The van der Waals surface area contributed by atoms with E-state index in [4.69, 9.17) is 4.74 Å². The molecule has 74 valence electrons. The van der Waals surface area contributed by atoms with Crippen molar-refractivity contribution in [1.29, 1.82) is 0 Å². The minimum absolute atomic E-state index is 0.922. The highest BCUT2D eigenvalue weighted by Gasteiger charge is 1.93. The average molecular weight is 188 g/mol. The molecule has 0 bridgehead atoms. The van der Waals surface area contributed by atoms with E-state index >= 15 is 0 Å². The maximum Gasteiger partial charge on any atom is 0.119 e. The van der Waals surface area contributed by atoms with Gasteiger partial charge >= 0.3 is 0 Å². The van der Waals surface area contributed by atoms with Crippen LogP contribution >= 0.6 is 0 Å². The number of ether oxygens (including phenoxy) is 1. The van der Waals surface area contributed by atoms with Gasteiger partial charge in [-0.3, -0.25) is 0 Å². The van der Waals surface area contributed by atoms with Crippen molar-refractivity contribution in [2.24, 2.45) is 0 Å². The Bertz CT molecular complexity index is 331. The van der Waals surface area contributed by atoms with Gasteiger partial charge in [0, 0.05) is 12.8 Å². The molecule has 0 atom stereocenters. The third kappa shape index (κ3) is 3.53. The minimum Gasteiger partial charge on any atom is -0.497 e. The first-order chi connectivity index (χ1) is 6.86. The van der Waals surface area contributed by atoms with E-state index in [9.17, 15) is 0 Å². The second kappa shape index (κ2) is 6.10. The molecule has 0 radical (unpaired) electrons. The van der Waals surface area contributed by atoms with E-state index in [2.05, 4.69) is 30.9 Å². The van der Waals surface area contributed by atoms with Crippen LogP contribution in [0.2, 0.25) is 0 Å². The first kappa shape index (κ1) is 10.7. The van der Waals surface area contributed by atoms with Gasteiger partial charge in [0.25, 0.3) is 0 Å². The molecule has 0 N–H and O–H groups in total. The van der Waals surface area contributed by atoms with Gasteiger partial charge in [0.15, 0.2) is 0 Å². The molecule has 1 heteroatoms. The van der Waals surface area contributed by atoms with Crippen LogP contribution in [0.5, 0.6) is 5.75 Å². The van der Waals surface area contributed by atoms with Crippen LogP contribution in [-0.2, 0) is 6.42 Å². The van der Waals surface area contributed by atoms with E-state index in [0.29, 0.717) is 0 Å². The zero-order chi connectivity index (χ0) is 10.2. The monoisotopic (exact) mass is 188 g/mol. The van der Waals surface area contributed by atoms with E-state index in [1.165, 1.54) is 5.56 Å². The summed E-state index contributed by atoms with van der Waals surface area (Å²) < 4.78 is 5.15. The van der Waals surface area contributed by atoms with Crippen LogP contribution in [-0.4, -0.2) is 7.11 Å². The number of hydrogen-bond acceptors (Lipinski definition) is 1. The normalized spacial score (nSPS) is 9.00. The van der Waals surface area contributed by atoms with Gasteiger partial charge < -0.3 is 4.74 Å². The highest BCUT2D eigenvalue weighted by Crippen LogP contribution is 2.13. The fraction of sp³-hybridized carbons (Fsp3) is 0.385. The fourth-order valence-corrected chi connectivity index (χ4v) is 1.25. The van der Waals surface area contributed by atoms with E-state index in [0.717, 1.165) is 25.0 Å². The summed E-state index contributed by atoms with van der Waals surface area (Å²) in [6.07, 6.45) is 2.88. The van der Waals surface area contributed by atoms with E-state index in [-0.39, 0.29) is 0 Å². The van der Waals surface area contributed by atoms with Gasteiger partial charge in [-0.05, 0) is 24.1 Å². The van der Waals surface area contributed by atoms with Crippen LogP contribution in [0.1, 0.15) is 25.3 Å². The lowest BCUT2D eigenvalue weighted by molar-refractivity contribution is 0.414. The van der Waals surface area contributed by atoms with Gasteiger partial charge in [0.05, 0.1) is 7.11 Å². The molecule has 1 rings (SSSR count). The number of hydrogen-bond donors (Lipinski definition) is 0. The number of rotatable bonds is 3. The van der Waals surface area contributed by atoms with Gasteiger partial charge in [0.1, 0.15) is 5.75 Å². The van der Waals surface area contributed by atoms with Crippen LogP contribution < -0.4 is 4.74 Å². The van der Waals surface area contributed by atoms with Gasteiger partial charge in [-0.1, -0.05) is 19.1 Å². The molecule has 0 unspecified atom stereocenters. The summed E-state index contributed by atoms with van der Waals surface area (Å²) in [7, 11) is 1.69. The maximum absolute atomic E-state index is 5.15. The predicted molar refractivity (Wildman–Crippen MR) is 59.4 cm³/mol. The second-order valence-corrected chi connectivity index (χ2v) is 3.06. The molecule has 1 nitrogen and oxygen atoms in total. The third-order valence-corrected chi connectivity index (χ3v) is 1.97. The Kier molecular flexibility index (Phi) is 4.64. The lowest BCUT2D eigenvalue weighted by atomic mass is 10.1. The van der Waals surface area contributed by atoms with Crippen LogP contribution in [0.3, 0.4) is 0 Å². The van der Waals surface area contributed by atoms with Crippen molar-refractivity contribution in [3.8, 4) is 17.6 Å². The standard InChI is InChI=1S/C13H16O/c1-3-4-5-6-8-12-9-7-10-13(11-12)14-2/h7,9-11H,3,6,8H2,1-2H3. The Morgan fingerprint density at radius 1 is 1.29 bits per heavy atom. The summed E-state index contributed by atoms with van der Waals surface area (Å²) in [4.78, 5) is 0. The Hall–Kier alpha value is -1.42. The number of benzene rings is 1. The van der Waals surface area contributed by atoms with Crippen LogP contribution in [0.25, 0.3) is 0 Å². The van der Waals surface area contributed by atoms with Crippen molar-refractivity contribution in [1.82, 2.24) is 0 Å². The van der Waals surface area contributed by atoms with Crippen molar-refractivity contribution >= 4 is 0 Å². The van der Waals surface area contributed by atoms with Crippen LogP contribution in [0.15, 0.2) is 24.3 Å². The molecular formula is C13H16O. The zero-order valence-electron chi connectivity index (χ0n) is 8.84. The smallest absolute Gasteiger partial charge is 0.119 e. The van der Waals surface area contributed by atoms with E-state index in [1.54, 1.807) is 7.11 Å². The first-order valence-electron chi connectivity index (χ1n) is 4.95. The van der Waals surface area contributed by atoms with Gasteiger partial charge in [-0.15, -0.1) is 11.8 Å². The Morgan fingerprint density at radius 2 is 2.14 bits per heavy atom. The molecule has 0 spiro atoms. The van der Waals surface area contributed by atoms with E-state index < -0.39 is 0 Å². The molecule has 0 amide bonds. The SMILES string of the molecule is CCC#CCCc1cccc(OC)c1. The molecule has 1 aromatic rings. The van der Waals surface area contributed by atoms with Crippen molar-refractivity contribution in [2.45, 2.75) is 26.2 Å². The van der Waals surface area contributed by atoms with Crippen LogP contribution in [0, 0.1) is 11.8 Å². The molecular weight excluding hydrogens is 172 g/mol. The molecule has 0 aromatic heterocycles. The van der Waals surface area contributed by atoms with Crippen molar-refractivity contribution in [3.05, 3.63) is 29.8 Å². The summed E-state index contributed by atoms with van der Waals surface area (Å²) in [6, 6.07) is 8.15. The minimum atomic E-state index is 0.922. The molecule has 0 saturated carbocycles. The second-order valence-electron chi connectivity index (χ2n) is 3.06. The zero-order valence-corrected chi connectivity index (χ0v) is 8.84. The van der Waals surface area contributed by atoms with Crippen molar-refractivity contribution in [2.75, 3.05) is 7.11 Å². The van der Waals surface area contributed by atoms with Gasteiger partial charge in [-0.2, -0.15) is 0 Å². The summed E-state index contributed by atoms with van der Waals surface area (Å²) in [6.45, 7) is 2.07. The molecule has 14 heavy (non-hydrogen) atoms. The maximum atomic E-state index is 5.15. The highest BCUT2D eigenvalue weighted by atomic mass is 16.5. The quantitative estimate of drug-likeness (QED) is 0.662. The fourth-order valence-electron chi connectivity index (χ4n) is 1.25. The van der Waals surface area contributed by atoms with Crippen molar-refractivity contribution < 1.29 is 4.74 Å². The number of methoxy groups -OCH3 is 1. The van der Waals surface area contributed by atoms with Gasteiger partial charge in [-0.25, -0.2) is 0 Å². The highest BCUT2D eigenvalue weighted by molar-refractivity contribution is 5.28. The van der Waals surface area contributed by atoms with E-state index in [1.807, 2.05) is 12.1 Å². The Labute approximate surface area is 86.1 Å². The number of aryl methyl sites for hydroxylation is 1. The molecule has 1 aromatic carbocycles. The molecule has 0 aliphatic carbocycles. The molecule has 0 heterocycles. The molecule has 0 aliphatic rings. The summed E-state index contributed by atoms with van der Waals surface area (Å²) in [5.41, 5.74) is 1.29. The molecule has 0 aliphatic heterocycles. The summed E-state index contributed by atoms with van der Waals surface area (Å²) in [5, 5.41) is 0.